The number of nitriles is 1. The van der Waals surface area contributed by atoms with Crippen molar-refractivity contribution in [2.75, 3.05) is 24.7 Å². The summed E-state index contributed by atoms with van der Waals surface area (Å²) in [6.45, 7) is 5.20. The Hall–Kier alpha value is -3.83. The van der Waals surface area contributed by atoms with Crippen LogP contribution in [-0.4, -0.2) is 44.3 Å². The zero-order chi connectivity index (χ0) is 25.2. The van der Waals surface area contributed by atoms with Gasteiger partial charge >= 0.3 is 0 Å². The van der Waals surface area contributed by atoms with E-state index < -0.39 is 0 Å². The molecular weight excluding hydrogens is 462 g/mol. The number of pyridine rings is 1. The number of hydrogen-bond acceptors (Lipinski definition) is 7. The average Bonchev–Trinajstić information content (AvgIpc) is 3.32. The largest absolute Gasteiger partial charge is 0.377 e. The maximum Gasteiger partial charge on any atom is 0.207 e. The Labute approximate surface area is 217 Å². The molecule has 37 heavy (non-hydrogen) atoms. The summed E-state index contributed by atoms with van der Waals surface area (Å²) in [5, 5.41) is 9.76. The average molecular weight is 494 g/mol. The number of rotatable bonds is 5. The van der Waals surface area contributed by atoms with Crippen LogP contribution in [0.4, 0.5) is 5.95 Å². The van der Waals surface area contributed by atoms with Gasteiger partial charge < -0.3 is 14.2 Å². The third kappa shape index (κ3) is 4.67. The van der Waals surface area contributed by atoms with Crippen LogP contribution in [0.2, 0.25) is 0 Å². The van der Waals surface area contributed by atoms with Crippen LogP contribution in [0.3, 0.4) is 0 Å². The van der Waals surface area contributed by atoms with Gasteiger partial charge in [0, 0.05) is 31.5 Å². The highest BCUT2D eigenvalue weighted by molar-refractivity contribution is 5.91. The highest BCUT2D eigenvalue weighted by Crippen LogP contribution is 2.38. The van der Waals surface area contributed by atoms with Gasteiger partial charge in [-0.25, -0.2) is 9.97 Å². The molecule has 0 spiro atoms. The minimum atomic E-state index is 0.0558. The first-order chi connectivity index (χ1) is 18.2. The lowest BCUT2D eigenvalue weighted by Gasteiger charge is -2.37. The highest BCUT2D eigenvalue weighted by Gasteiger charge is 2.31. The van der Waals surface area contributed by atoms with E-state index in [1.165, 1.54) is 31.2 Å². The van der Waals surface area contributed by atoms with Gasteiger partial charge in [0.2, 0.25) is 5.95 Å². The molecule has 1 atom stereocenters. The number of imidazole rings is 1. The number of anilines is 1. The van der Waals surface area contributed by atoms with E-state index in [1.807, 2.05) is 6.07 Å². The number of benzene rings is 1. The van der Waals surface area contributed by atoms with Crippen LogP contribution in [0.15, 0.2) is 55.0 Å². The fourth-order valence-corrected chi connectivity index (χ4v) is 5.76. The first-order valence-electron chi connectivity index (χ1n) is 13.2. The molecule has 0 N–H and O–H groups in total. The first kappa shape index (κ1) is 23.6. The number of fused-ring (bicyclic) bond motifs is 1. The van der Waals surface area contributed by atoms with E-state index in [1.54, 1.807) is 24.7 Å². The minimum Gasteiger partial charge on any atom is -0.377 e. The lowest BCUT2D eigenvalue weighted by molar-refractivity contribution is 0.0927. The SMILES string of the molecule is C[C@H]1CC[C@H](Cn2c(N3CCOC[C@H]3c3ccccc3)nc3cc(C#N)nc(-c4cnccn4)c32)CC1. The summed E-state index contributed by atoms with van der Waals surface area (Å²) in [5.41, 5.74) is 4.54. The Balaban J connectivity index is 1.54. The lowest BCUT2D eigenvalue weighted by atomic mass is 9.83. The van der Waals surface area contributed by atoms with Crippen LogP contribution in [0.5, 0.6) is 0 Å². The van der Waals surface area contributed by atoms with Gasteiger partial charge in [-0.2, -0.15) is 5.26 Å². The molecule has 1 saturated heterocycles. The minimum absolute atomic E-state index is 0.0558. The molecule has 2 fully saturated rings. The van der Waals surface area contributed by atoms with E-state index in [9.17, 15) is 5.26 Å². The quantitative estimate of drug-likeness (QED) is 0.379. The number of ether oxygens (including phenoxy) is 1. The molecule has 6 rings (SSSR count). The van der Waals surface area contributed by atoms with Gasteiger partial charge in [-0.3, -0.25) is 9.97 Å². The van der Waals surface area contributed by atoms with Gasteiger partial charge in [-0.05, 0) is 30.2 Å². The summed E-state index contributed by atoms with van der Waals surface area (Å²) < 4.78 is 8.28. The fraction of sp³-hybridized carbons (Fsp3) is 0.414. The van der Waals surface area contributed by atoms with Crippen molar-refractivity contribution in [1.82, 2.24) is 24.5 Å². The van der Waals surface area contributed by atoms with E-state index >= 15 is 0 Å². The van der Waals surface area contributed by atoms with Crippen LogP contribution < -0.4 is 4.90 Å². The second kappa shape index (κ2) is 10.3. The topological polar surface area (TPSA) is 92.8 Å². The molecule has 1 aliphatic heterocycles. The molecule has 1 aromatic carbocycles. The molecule has 2 aliphatic rings. The zero-order valence-corrected chi connectivity index (χ0v) is 21.1. The monoisotopic (exact) mass is 493 g/mol. The molecule has 1 aliphatic carbocycles. The van der Waals surface area contributed by atoms with Crippen LogP contribution in [0, 0.1) is 23.2 Å². The van der Waals surface area contributed by atoms with Crippen LogP contribution >= 0.6 is 0 Å². The second-order valence-corrected chi connectivity index (χ2v) is 10.3. The number of aromatic nitrogens is 5. The van der Waals surface area contributed by atoms with Crippen molar-refractivity contribution in [2.24, 2.45) is 11.8 Å². The summed E-state index contributed by atoms with van der Waals surface area (Å²) in [7, 11) is 0. The maximum absolute atomic E-state index is 9.76. The molecule has 3 aromatic heterocycles. The predicted octanol–water partition coefficient (Wildman–Crippen LogP) is 5.16. The summed E-state index contributed by atoms with van der Waals surface area (Å²) in [6, 6.07) is 14.6. The molecule has 8 nitrogen and oxygen atoms in total. The predicted molar refractivity (Wildman–Crippen MR) is 142 cm³/mol. The number of morpholine rings is 1. The van der Waals surface area contributed by atoms with E-state index in [0.717, 1.165) is 36.0 Å². The van der Waals surface area contributed by atoms with Gasteiger partial charge in [0.05, 0.1) is 36.5 Å². The second-order valence-electron chi connectivity index (χ2n) is 10.3. The Morgan fingerprint density at radius 1 is 1.08 bits per heavy atom. The Morgan fingerprint density at radius 2 is 1.92 bits per heavy atom. The number of hydrogen-bond donors (Lipinski definition) is 0. The zero-order valence-electron chi connectivity index (χ0n) is 21.1. The molecule has 4 aromatic rings. The van der Waals surface area contributed by atoms with Gasteiger partial charge in [0.1, 0.15) is 23.2 Å². The third-order valence-corrected chi connectivity index (χ3v) is 7.77. The molecule has 4 heterocycles. The normalized spacial score (nSPS) is 22.2. The number of nitrogens with zero attached hydrogens (tertiary/aromatic N) is 7. The van der Waals surface area contributed by atoms with E-state index in [4.69, 9.17) is 14.7 Å². The Bertz CT molecular complexity index is 1410. The van der Waals surface area contributed by atoms with Crippen molar-refractivity contribution >= 4 is 17.0 Å². The smallest absolute Gasteiger partial charge is 0.207 e. The van der Waals surface area contributed by atoms with Crippen molar-refractivity contribution in [3.8, 4) is 17.5 Å². The van der Waals surface area contributed by atoms with Crippen molar-refractivity contribution in [3.63, 3.8) is 0 Å². The molecule has 8 heteroatoms. The van der Waals surface area contributed by atoms with Gasteiger partial charge in [0.25, 0.3) is 0 Å². The van der Waals surface area contributed by atoms with Gasteiger partial charge in [0.15, 0.2) is 0 Å². The van der Waals surface area contributed by atoms with Crippen molar-refractivity contribution < 1.29 is 4.74 Å². The third-order valence-electron chi connectivity index (χ3n) is 7.77. The first-order valence-corrected chi connectivity index (χ1v) is 13.2. The van der Waals surface area contributed by atoms with Crippen LogP contribution in [0.1, 0.15) is 49.9 Å². The Morgan fingerprint density at radius 3 is 2.68 bits per heavy atom. The molecule has 0 unspecified atom stereocenters. The standard InChI is InChI=1S/C29H31N7O/c1-20-7-9-21(10-8-20)18-36-28-24(15-23(16-30)33-27(28)25-17-31-11-12-32-25)34-29(36)35-13-14-37-19-26(35)22-5-3-2-4-6-22/h2-6,11-12,15,17,20-21,26H,7-10,13-14,18-19H2,1H3/t20-,21-,26-/m0/s1. The molecule has 0 bridgehead atoms. The summed E-state index contributed by atoms with van der Waals surface area (Å²) in [4.78, 5) is 21.1. The molecule has 1 saturated carbocycles. The lowest BCUT2D eigenvalue weighted by Crippen LogP contribution is -2.41. The summed E-state index contributed by atoms with van der Waals surface area (Å²) in [6.07, 6.45) is 9.95. The molecule has 188 valence electrons. The van der Waals surface area contributed by atoms with E-state index in [0.29, 0.717) is 36.2 Å². The van der Waals surface area contributed by atoms with Crippen LogP contribution in [0.25, 0.3) is 22.4 Å². The summed E-state index contributed by atoms with van der Waals surface area (Å²) >= 11 is 0. The van der Waals surface area contributed by atoms with Crippen molar-refractivity contribution in [1.29, 1.82) is 5.26 Å². The highest BCUT2D eigenvalue weighted by atomic mass is 16.5. The van der Waals surface area contributed by atoms with Gasteiger partial charge in [-0.1, -0.05) is 50.1 Å². The molecular formula is C29H31N7O. The van der Waals surface area contributed by atoms with Crippen LogP contribution in [-0.2, 0) is 11.3 Å². The Kier molecular flexibility index (Phi) is 6.54. The van der Waals surface area contributed by atoms with Crippen molar-refractivity contribution in [3.05, 3.63) is 66.2 Å². The van der Waals surface area contributed by atoms with Crippen molar-refractivity contribution in [2.45, 2.75) is 45.2 Å². The fourth-order valence-electron chi connectivity index (χ4n) is 5.76. The molecule has 0 amide bonds. The summed E-state index contributed by atoms with van der Waals surface area (Å²) in [5.74, 6) is 2.26. The maximum atomic E-state index is 9.76. The molecule has 0 radical (unpaired) electrons. The van der Waals surface area contributed by atoms with Gasteiger partial charge in [-0.15, -0.1) is 0 Å². The van der Waals surface area contributed by atoms with E-state index in [-0.39, 0.29) is 6.04 Å². The van der Waals surface area contributed by atoms with E-state index in [2.05, 4.69) is 56.7 Å².